The molecule has 0 aromatic carbocycles. The minimum absolute atomic E-state index is 0.0241. The Balaban J connectivity index is 1.82. The number of nitrogens with zero attached hydrogens (tertiary/aromatic N) is 1. The maximum Gasteiger partial charge on any atom is 0.241 e. The van der Waals surface area contributed by atoms with Crippen LogP contribution in [0.25, 0.3) is 0 Å². The van der Waals surface area contributed by atoms with Crippen LogP contribution in [0, 0.1) is 5.41 Å². The molecule has 102 valence electrons. The van der Waals surface area contributed by atoms with Crippen molar-refractivity contribution in [3.05, 3.63) is 0 Å². The van der Waals surface area contributed by atoms with Gasteiger partial charge in [0, 0.05) is 19.1 Å². The van der Waals surface area contributed by atoms with Gasteiger partial charge in [-0.05, 0) is 32.6 Å². The van der Waals surface area contributed by atoms with E-state index in [0.717, 1.165) is 45.2 Å². The number of likely N-dealkylation sites (tertiary alicyclic amines) is 1. The predicted octanol–water partition coefficient (Wildman–Crippen LogP) is 0.243. The molecule has 0 spiro atoms. The zero-order chi connectivity index (χ0) is 13.2. The predicted molar refractivity (Wildman–Crippen MR) is 68.8 cm³/mol. The van der Waals surface area contributed by atoms with Crippen molar-refractivity contribution in [3.8, 4) is 0 Å². The van der Waals surface area contributed by atoms with Crippen molar-refractivity contribution < 1.29 is 9.59 Å². The lowest BCUT2D eigenvalue weighted by Gasteiger charge is -2.27. The molecular weight excluding hydrogens is 230 g/mol. The summed E-state index contributed by atoms with van der Waals surface area (Å²) in [4.78, 5) is 25.8. The van der Waals surface area contributed by atoms with Gasteiger partial charge in [-0.25, -0.2) is 0 Å². The van der Waals surface area contributed by atoms with Crippen molar-refractivity contribution in [1.29, 1.82) is 0 Å². The number of amides is 2. The molecule has 1 heterocycles. The lowest BCUT2D eigenvalue weighted by atomic mass is 9.84. The Labute approximate surface area is 108 Å². The van der Waals surface area contributed by atoms with Crippen molar-refractivity contribution in [2.24, 2.45) is 11.1 Å². The van der Waals surface area contributed by atoms with Crippen LogP contribution in [0.2, 0.25) is 0 Å². The van der Waals surface area contributed by atoms with Crippen LogP contribution >= 0.6 is 0 Å². The first-order chi connectivity index (χ1) is 8.54. The second-order valence-electron chi connectivity index (χ2n) is 5.69. The van der Waals surface area contributed by atoms with E-state index in [1.54, 1.807) is 0 Å². The summed E-state index contributed by atoms with van der Waals surface area (Å²) in [6.07, 6.45) is 4.84. The van der Waals surface area contributed by atoms with Crippen molar-refractivity contribution in [1.82, 2.24) is 10.2 Å². The third-order valence-corrected chi connectivity index (χ3v) is 4.41. The first kappa shape index (κ1) is 13.3. The summed E-state index contributed by atoms with van der Waals surface area (Å²) >= 11 is 0. The first-order valence-corrected chi connectivity index (χ1v) is 6.86. The molecule has 0 aromatic heterocycles. The van der Waals surface area contributed by atoms with Crippen LogP contribution in [0.15, 0.2) is 0 Å². The second-order valence-corrected chi connectivity index (χ2v) is 5.69. The third kappa shape index (κ3) is 2.51. The molecule has 1 aliphatic carbocycles. The fourth-order valence-electron chi connectivity index (χ4n) is 2.91. The van der Waals surface area contributed by atoms with Gasteiger partial charge in [-0.3, -0.25) is 9.59 Å². The second kappa shape index (κ2) is 5.26. The van der Waals surface area contributed by atoms with Crippen molar-refractivity contribution in [2.75, 3.05) is 19.6 Å². The summed E-state index contributed by atoms with van der Waals surface area (Å²) in [5.74, 6) is -0.0453. The van der Waals surface area contributed by atoms with Gasteiger partial charge in [0.2, 0.25) is 11.8 Å². The number of rotatable bonds is 3. The standard InChI is InChI=1S/C13H23N3O2/c1-13(6-4-5-10(13)14)12(18)15-9-11(17)16-7-2-3-8-16/h10H,2-9,14H2,1H3,(H,15,18). The SMILES string of the molecule is CC1(C(=O)NCC(=O)N2CCCC2)CCCC1N. The quantitative estimate of drug-likeness (QED) is 0.756. The highest BCUT2D eigenvalue weighted by Gasteiger charge is 2.42. The number of nitrogens with two attached hydrogens (primary N) is 1. The first-order valence-electron chi connectivity index (χ1n) is 6.86. The highest BCUT2D eigenvalue weighted by Crippen LogP contribution is 2.36. The van der Waals surface area contributed by atoms with Crippen LogP contribution in [0.1, 0.15) is 39.0 Å². The number of nitrogens with one attached hydrogen (secondary N) is 1. The maximum atomic E-state index is 12.1. The molecule has 0 aromatic rings. The molecule has 2 fully saturated rings. The average molecular weight is 253 g/mol. The zero-order valence-electron chi connectivity index (χ0n) is 11.1. The fraction of sp³-hybridized carbons (Fsp3) is 0.846. The lowest BCUT2D eigenvalue weighted by molar-refractivity contribution is -0.135. The van der Waals surface area contributed by atoms with Gasteiger partial charge in [-0.2, -0.15) is 0 Å². The molecule has 5 nitrogen and oxygen atoms in total. The highest BCUT2D eigenvalue weighted by atomic mass is 16.2. The van der Waals surface area contributed by atoms with Gasteiger partial charge >= 0.3 is 0 Å². The topological polar surface area (TPSA) is 75.4 Å². The van der Waals surface area contributed by atoms with E-state index in [0.29, 0.717) is 0 Å². The van der Waals surface area contributed by atoms with Gasteiger partial charge in [0.25, 0.3) is 0 Å². The molecule has 1 aliphatic heterocycles. The van der Waals surface area contributed by atoms with Crippen LogP contribution in [-0.4, -0.2) is 42.4 Å². The normalized spacial score (nSPS) is 31.7. The molecule has 5 heteroatoms. The van der Waals surface area contributed by atoms with E-state index in [1.165, 1.54) is 0 Å². The molecule has 2 aliphatic rings. The van der Waals surface area contributed by atoms with Gasteiger partial charge in [-0.15, -0.1) is 0 Å². The van der Waals surface area contributed by atoms with E-state index in [2.05, 4.69) is 5.32 Å². The number of hydrogen-bond donors (Lipinski definition) is 2. The van der Waals surface area contributed by atoms with Crippen LogP contribution in [0.3, 0.4) is 0 Å². The summed E-state index contributed by atoms with van der Waals surface area (Å²) < 4.78 is 0. The summed E-state index contributed by atoms with van der Waals surface area (Å²) in [7, 11) is 0. The lowest BCUT2D eigenvalue weighted by Crippen LogP contribution is -2.49. The minimum atomic E-state index is -0.495. The van der Waals surface area contributed by atoms with E-state index in [1.807, 2.05) is 11.8 Å². The maximum absolute atomic E-state index is 12.1. The molecule has 2 unspecified atom stereocenters. The minimum Gasteiger partial charge on any atom is -0.347 e. The van der Waals surface area contributed by atoms with Crippen LogP contribution in [-0.2, 0) is 9.59 Å². The van der Waals surface area contributed by atoms with E-state index < -0.39 is 5.41 Å². The molecule has 0 radical (unpaired) electrons. The summed E-state index contributed by atoms with van der Waals surface area (Å²) in [6.45, 7) is 3.67. The van der Waals surface area contributed by atoms with E-state index in [9.17, 15) is 9.59 Å². The Kier molecular flexibility index (Phi) is 3.90. The Morgan fingerprint density at radius 3 is 2.56 bits per heavy atom. The summed E-state index contributed by atoms with van der Waals surface area (Å²) in [5, 5.41) is 2.76. The van der Waals surface area contributed by atoms with Crippen LogP contribution in [0.5, 0.6) is 0 Å². The molecule has 0 bridgehead atoms. The summed E-state index contributed by atoms with van der Waals surface area (Å²) in [6, 6.07) is -0.0839. The molecule has 2 amide bonds. The van der Waals surface area contributed by atoms with Crippen LogP contribution in [0.4, 0.5) is 0 Å². The summed E-state index contributed by atoms with van der Waals surface area (Å²) in [5.41, 5.74) is 5.49. The fourth-order valence-corrected chi connectivity index (χ4v) is 2.91. The Morgan fingerprint density at radius 2 is 2.00 bits per heavy atom. The molecule has 2 rings (SSSR count). The van der Waals surface area contributed by atoms with Crippen molar-refractivity contribution in [3.63, 3.8) is 0 Å². The Hall–Kier alpha value is -1.10. The smallest absolute Gasteiger partial charge is 0.241 e. The van der Waals surface area contributed by atoms with E-state index in [-0.39, 0.29) is 24.4 Å². The van der Waals surface area contributed by atoms with Crippen molar-refractivity contribution in [2.45, 2.75) is 45.1 Å². The van der Waals surface area contributed by atoms with Gasteiger partial charge in [0.1, 0.15) is 0 Å². The molecule has 3 N–H and O–H groups in total. The third-order valence-electron chi connectivity index (χ3n) is 4.41. The monoisotopic (exact) mass is 253 g/mol. The number of hydrogen-bond acceptors (Lipinski definition) is 3. The van der Waals surface area contributed by atoms with Gasteiger partial charge < -0.3 is 16.0 Å². The average Bonchev–Trinajstić information content (AvgIpc) is 2.98. The van der Waals surface area contributed by atoms with Gasteiger partial charge in [0.15, 0.2) is 0 Å². The molecule has 18 heavy (non-hydrogen) atoms. The van der Waals surface area contributed by atoms with Crippen LogP contribution < -0.4 is 11.1 Å². The number of carbonyl (C=O) groups excluding carboxylic acids is 2. The van der Waals surface area contributed by atoms with Gasteiger partial charge in [-0.1, -0.05) is 6.42 Å². The highest BCUT2D eigenvalue weighted by molar-refractivity contribution is 5.88. The molecule has 1 saturated carbocycles. The van der Waals surface area contributed by atoms with E-state index in [4.69, 9.17) is 5.73 Å². The van der Waals surface area contributed by atoms with E-state index >= 15 is 0 Å². The Bertz CT molecular complexity index is 339. The molecule has 1 saturated heterocycles. The number of carbonyl (C=O) groups is 2. The Morgan fingerprint density at radius 1 is 1.33 bits per heavy atom. The van der Waals surface area contributed by atoms with Crippen molar-refractivity contribution >= 4 is 11.8 Å². The molecule has 2 atom stereocenters. The van der Waals surface area contributed by atoms with Gasteiger partial charge in [0.05, 0.1) is 12.0 Å². The molecular formula is C13H23N3O2. The largest absolute Gasteiger partial charge is 0.347 e. The zero-order valence-corrected chi connectivity index (χ0v) is 11.1.